The topological polar surface area (TPSA) is 48.5 Å². The van der Waals surface area contributed by atoms with Gasteiger partial charge in [-0.05, 0) is 39.8 Å². The van der Waals surface area contributed by atoms with Crippen molar-refractivity contribution in [2.75, 3.05) is 31.1 Å². The number of amides is 1. The number of carbonyl (C=O) groups is 1. The maximum absolute atomic E-state index is 11.5. The van der Waals surface area contributed by atoms with Gasteiger partial charge in [-0.2, -0.15) is 0 Å². The summed E-state index contributed by atoms with van der Waals surface area (Å²) in [6, 6.07) is 0.461. The lowest BCUT2D eigenvalue weighted by Crippen LogP contribution is -2.37. The van der Waals surface area contributed by atoms with Gasteiger partial charge in [0.25, 0.3) is 0 Å². The molecule has 1 fully saturated rings. The standard InChI is InChI=1S/C15H26N4OS/c1-4-19(13(3)20)15-17-14(11-21-15)9-16-12(2)10-18-7-5-6-8-18/h11-12,16H,4-10H2,1-3H3. The van der Waals surface area contributed by atoms with Crippen LogP contribution in [0.2, 0.25) is 0 Å². The maximum atomic E-state index is 11.5. The number of carbonyl (C=O) groups excluding carboxylic acids is 1. The van der Waals surface area contributed by atoms with Crippen molar-refractivity contribution in [2.45, 2.75) is 46.2 Å². The molecule has 1 saturated heterocycles. The van der Waals surface area contributed by atoms with Gasteiger partial charge in [0.2, 0.25) is 5.91 Å². The molecule has 1 aliphatic rings. The molecule has 21 heavy (non-hydrogen) atoms. The van der Waals surface area contributed by atoms with Crippen molar-refractivity contribution in [3.63, 3.8) is 0 Å². The molecule has 6 heteroatoms. The Kier molecular flexibility index (Phi) is 6.14. The van der Waals surface area contributed by atoms with E-state index in [1.807, 2.05) is 12.3 Å². The number of anilines is 1. The van der Waals surface area contributed by atoms with Crippen LogP contribution in [-0.2, 0) is 11.3 Å². The first-order valence-electron chi connectivity index (χ1n) is 7.78. The molecule has 0 spiro atoms. The molecule has 1 N–H and O–H groups in total. The van der Waals surface area contributed by atoms with Gasteiger partial charge in [0.1, 0.15) is 0 Å². The molecule has 2 heterocycles. The Labute approximate surface area is 131 Å². The molecule has 0 saturated carbocycles. The second-order valence-corrected chi connectivity index (χ2v) is 6.51. The predicted molar refractivity (Wildman–Crippen MR) is 87.8 cm³/mol. The third kappa shape index (κ3) is 4.76. The first-order valence-corrected chi connectivity index (χ1v) is 8.66. The number of thiazole rings is 1. The van der Waals surface area contributed by atoms with Gasteiger partial charge in [0, 0.05) is 38.0 Å². The van der Waals surface area contributed by atoms with Crippen molar-refractivity contribution in [1.82, 2.24) is 15.2 Å². The third-order valence-electron chi connectivity index (χ3n) is 3.83. The van der Waals surface area contributed by atoms with Crippen LogP contribution in [0, 0.1) is 0 Å². The van der Waals surface area contributed by atoms with Crippen molar-refractivity contribution >= 4 is 22.4 Å². The summed E-state index contributed by atoms with van der Waals surface area (Å²) >= 11 is 1.54. The van der Waals surface area contributed by atoms with Crippen molar-refractivity contribution in [2.24, 2.45) is 0 Å². The van der Waals surface area contributed by atoms with E-state index in [0.717, 1.165) is 23.9 Å². The summed E-state index contributed by atoms with van der Waals surface area (Å²) < 4.78 is 0. The molecule has 1 atom stereocenters. The molecular formula is C15H26N4OS. The molecule has 0 aliphatic carbocycles. The molecule has 2 rings (SSSR count). The highest BCUT2D eigenvalue weighted by Gasteiger charge is 2.16. The first-order chi connectivity index (χ1) is 10.1. The average molecular weight is 310 g/mol. The van der Waals surface area contributed by atoms with E-state index < -0.39 is 0 Å². The molecule has 0 radical (unpaired) electrons. The van der Waals surface area contributed by atoms with E-state index in [-0.39, 0.29) is 5.91 Å². The van der Waals surface area contributed by atoms with Crippen LogP contribution in [0.3, 0.4) is 0 Å². The summed E-state index contributed by atoms with van der Waals surface area (Å²) in [4.78, 5) is 20.3. The molecule has 1 aliphatic heterocycles. The Bertz CT molecular complexity index is 456. The normalized spacial score (nSPS) is 17.1. The highest BCUT2D eigenvalue weighted by molar-refractivity contribution is 7.14. The molecule has 1 unspecified atom stereocenters. The number of nitrogens with zero attached hydrogens (tertiary/aromatic N) is 3. The van der Waals surface area contributed by atoms with Crippen molar-refractivity contribution in [1.29, 1.82) is 0 Å². The monoisotopic (exact) mass is 310 g/mol. The van der Waals surface area contributed by atoms with E-state index in [1.54, 1.807) is 11.8 Å². The number of hydrogen-bond acceptors (Lipinski definition) is 5. The Hall–Kier alpha value is -0.980. The van der Waals surface area contributed by atoms with E-state index in [2.05, 4.69) is 22.1 Å². The average Bonchev–Trinajstić information content (AvgIpc) is 3.08. The summed E-state index contributed by atoms with van der Waals surface area (Å²) in [5, 5.41) is 6.36. The molecule has 0 aromatic carbocycles. The Morgan fingerprint density at radius 2 is 2.24 bits per heavy atom. The second kappa shape index (κ2) is 7.87. The van der Waals surface area contributed by atoms with Crippen LogP contribution in [0.4, 0.5) is 5.13 Å². The Balaban J connectivity index is 1.80. The zero-order chi connectivity index (χ0) is 15.2. The number of rotatable bonds is 7. The highest BCUT2D eigenvalue weighted by Crippen LogP contribution is 2.20. The summed E-state index contributed by atoms with van der Waals surface area (Å²) in [6.07, 6.45) is 2.67. The fourth-order valence-corrected chi connectivity index (χ4v) is 3.62. The lowest BCUT2D eigenvalue weighted by Gasteiger charge is -2.20. The van der Waals surface area contributed by atoms with Crippen molar-refractivity contribution in [3.05, 3.63) is 11.1 Å². The maximum Gasteiger partial charge on any atom is 0.225 e. The van der Waals surface area contributed by atoms with E-state index in [1.165, 1.54) is 37.3 Å². The van der Waals surface area contributed by atoms with E-state index >= 15 is 0 Å². The SMILES string of the molecule is CCN(C(C)=O)c1nc(CNC(C)CN2CCCC2)cs1. The minimum absolute atomic E-state index is 0.0498. The molecule has 118 valence electrons. The van der Waals surface area contributed by atoms with Gasteiger partial charge in [-0.1, -0.05) is 0 Å². The van der Waals surface area contributed by atoms with Gasteiger partial charge in [0.15, 0.2) is 5.13 Å². The predicted octanol–water partition coefficient (Wildman–Crippen LogP) is 2.09. The lowest BCUT2D eigenvalue weighted by atomic mass is 10.3. The molecule has 1 amide bonds. The minimum atomic E-state index is 0.0498. The van der Waals surface area contributed by atoms with E-state index in [4.69, 9.17) is 0 Å². The molecular weight excluding hydrogens is 284 g/mol. The van der Waals surface area contributed by atoms with Gasteiger partial charge in [-0.3, -0.25) is 9.69 Å². The first kappa shape index (κ1) is 16.4. The number of hydrogen-bond donors (Lipinski definition) is 1. The van der Waals surface area contributed by atoms with Crippen LogP contribution in [0.15, 0.2) is 5.38 Å². The van der Waals surface area contributed by atoms with Crippen LogP contribution in [0.5, 0.6) is 0 Å². The minimum Gasteiger partial charge on any atom is -0.307 e. The quantitative estimate of drug-likeness (QED) is 0.838. The molecule has 0 bridgehead atoms. The van der Waals surface area contributed by atoms with Crippen molar-refractivity contribution in [3.8, 4) is 0 Å². The summed E-state index contributed by atoms with van der Waals surface area (Å²) in [7, 11) is 0. The smallest absolute Gasteiger partial charge is 0.225 e. The second-order valence-electron chi connectivity index (χ2n) is 5.67. The summed E-state index contributed by atoms with van der Waals surface area (Å²) in [5.74, 6) is 0.0498. The summed E-state index contributed by atoms with van der Waals surface area (Å²) in [6.45, 7) is 10.8. The Morgan fingerprint density at radius 1 is 1.52 bits per heavy atom. The van der Waals surface area contributed by atoms with Crippen LogP contribution >= 0.6 is 11.3 Å². The zero-order valence-corrected chi connectivity index (χ0v) is 14.1. The van der Waals surface area contributed by atoms with Crippen molar-refractivity contribution < 1.29 is 4.79 Å². The molecule has 1 aromatic rings. The van der Waals surface area contributed by atoms with Gasteiger partial charge in [-0.15, -0.1) is 11.3 Å². The van der Waals surface area contributed by atoms with Crippen LogP contribution in [0.1, 0.15) is 39.3 Å². The van der Waals surface area contributed by atoms with Crippen LogP contribution in [-0.4, -0.2) is 48.0 Å². The Morgan fingerprint density at radius 3 is 2.86 bits per heavy atom. The van der Waals surface area contributed by atoms with Gasteiger partial charge in [0.05, 0.1) is 5.69 Å². The fourth-order valence-electron chi connectivity index (χ4n) is 2.69. The highest BCUT2D eigenvalue weighted by atomic mass is 32.1. The van der Waals surface area contributed by atoms with Gasteiger partial charge in [-0.25, -0.2) is 4.98 Å². The fraction of sp³-hybridized carbons (Fsp3) is 0.733. The number of nitrogens with one attached hydrogen (secondary N) is 1. The largest absolute Gasteiger partial charge is 0.307 e. The van der Waals surface area contributed by atoms with Crippen LogP contribution in [0.25, 0.3) is 0 Å². The zero-order valence-electron chi connectivity index (χ0n) is 13.3. The molecule has 5 nitrogen and oxygen atoms in total. The number of likely N-dealkylation sites (tertiary alicyclic amines) is 1. The summed E-state index contributed by atoms with van der Waals surface area (Å²) in [5.41, 5.74) is 1.02. The lowest BCUT2D eigenvalue weighted by molar-refractivity contribution is -0.116. The molecule has 1 aromatic heterocycles. The third-order valence-corrected chi connectivity index (χ3v) is 4.74. The van der Waals surface area contributed by atoms with Gasteiger partial charge < -0.3 is 10.2 Å². The van der Waals surface area contributed by atoms with E-state index in [0.29, 0.717) is 12.6 Å². The number of aromatic nitrogens is 1. The van der Waals surface area contributed by atoms with Crippen LogP contribution < -0.4 is 10.2 Å². The van der Waals surface area contributed by atoms with Gasteiger partial charge >= 0.3 is 0 Å². The van der Waals surface area contributed by atoms with E-state index in [9.17, 15) is 4.79 Å².